The van der Waals surface area contributed by atoms with Crippen LogP contribution < -0.4 is 21.7 Å². The SMILES string of the molecule is CC(C)[C@H](NC(=O)N[C@H](C(=O)N1C[C@H]2[C@@H]([C@H]1C(=O)NC(CC1CC1)C(=O)C(N)=O)C2(C)C)C(C)C)C(=O)OC(C)(C)C. The van der Waals surface area contributed by atoms with E-state index in [1.807, 2.05) is 13.8 Å². The Balaban J connectivity index is 1.77. The molecule has 42 heavy (non-hydrogen) atoms. The standard InChI is InChI=1S/C30H49N5O7/c1-14(2)20(33-28(41)34-21(15(3)4)27(40)42-29(5,6)7)26(39)35-13-17-19(30(17,8)9)22(35)25(38)32-18(12-16-10-11-16)23(36)24(31)37/h14-22H,10-13H2,1-9H3,(H2,31,37)(H,32,38)(H2,33,34,41)/t17-,18?,19-,20-,21-,22-/m0/s1. The fourth-order valence-electron chi connectivity index (χ4n) is 6.04. The van der Waals surface area contributed by atoms with Gasteiger partial charge in [-0.25, -0.2) is 9.59 Å². The Kier molecular flexibility index (Phi) is 9.68. The normalized spacial score (nSPS) is 24.7. The zero-order valence-electron chi connectivity index (χ0n) is 26.4. The minimum atomic E-state index is -1.11. The van der Waals surface area contributed by atoms with Crippen LogP contribution in [0.15, 0.2) is 0 Å². The second kappa shape index (κ2) is 12.2. The molecule has 3 fully saturated rings. The van der Waals surface area contributed by atoms with Gasteiger partial charge in [0.15, 0.2) is 0 Å². The smallest absolute Gasteiger partial charge is 0.329 e. The summed E-state index contributed by atoms with van der Waals surface area (Å²) >= 11 is 0. The van der Waals surface area contributed by atoms with E-state index in [1.165, 1.54) is 4.90 Å². The fourth-order valence-corrected chi connectivity index (χ4v) is 6.04. The van der Waals surface area contributed by atoms with Crippen LogP contribution in [0, 0.1) is 35.0 Å². The Bertz CT molecular complexity index is 1110. The number of piperidine rings is 1. The molecule has 6 atom stereocenters. The van der Waals surface area contributed by atoms with E-state index in [-0.39, 0.29) is 35.0 Å². The third kappa shape index (κ3) is 7.60. The summed E-state index contributed by atoms with van der Waals surface area (Å²) in [5, 5.41) is 8.11. The number of rotatable bonds is 12. The number of urea groups is 1. The zero-order chi connectivity index (χ0) is 31.9. The number of Topliss-reactive ketones (excluding diaryl/α,β-unsaturated/α-hetero) is 1. The summed E-state index contributed by atoms with van der Waals surface area (Å²) in [5.41, 5.74) is 4.33. The van der Waals surface area contributed by atoms with Gasteiger partial charge in [0.25, 0.3) is 5.91 Å². The monoisotopic (exact) mass is 591 g/mol. The number of primary amides is 1. The third-order valence-electron chi connectivity index (χ3n) is 8.74. The van der Waals surface area contributed by atoms with E-state index >= 15 is 0 Å². The summed E-state index contributed by atoms with van der Waals surface area (Å²) < 4.78 is 5.46. The lowest BCUT2D eigenvalue weighted by Crippen LogP contribution is -2.60. The molecule has 5 N–H and O–H groups in total. The lowest BCUT2D eigenvalue weighted by atomic mass is 9.96. The molecule has 236 valence electrons. The highest BCUT2D eigenvalue weighted by Gasteiger charge is 2.69. The molecule has 0 aromatic heterocycles. The van der Waals surface area contributed by atoms with E-state index in [2.05, 4.69) is 16.0 Å². The fraction of sp³-hybridized carbons (Fsp3) is 0.800. The van der Waals surface area contributed by atoms with Crippen LogP contribution >= 0.6 is 0 Å². The Morgan fingerprint density at radius 2 is 1.48 bits per heavy atom. The Morgan fingerprint density at radius 1 is 0.929 bits per heavy atom. The van der Waals surface area contributed by atoms with Crippen LogP contribution in [0.2, 0.25) is 0 Å². The Hall–Kier alpha value is -3.18. The second-order valence-electron chi connectivity index (χ2n) is 14.5. The number of carbonyl (C=O) groups excluding carboxylic acids is 6. The first kappa shape index (κ1) is 33.3. The first-order chi connectivity index (χ1) is 19.3. The van der Waals surface area contributed by atoms with Crippen molar-refractivity contribution in [1.29, 1.82) is 0 Å². The quantitative estimate of drug-likeness (QED) is 0.196. The lowest BCUT2D eigenvalue weighted by Gasteiger charge is -2.35. The molecule has 0 aromatic rings. The van der Waals surface area contributed by atoms with Crippen LogP contribution in [0.3, 0.4) is 0 Å². The molecular formula is C30H49N5O7. The molecular weight excluding hydrogens is 542 g/mol. The maximum Gasteiger partial charge on any atom is 0.329 e. The summed E-state index contributed by atoms with van der Waals surface area (Å²) in [7, 11) is 0. The van der Waals surface area contributed by atoms with Gasteiger partial charge < -0.3 is 31.3 Å². The molecule has 0 spiro atoms. The number of ketones is 1. The second-order valence-corrected chi connectivity index (χ2v) is 14.5. The summed E-state index contributed by atoms with van der Waals surface area (Å²) in [4.78, 5) is 79.1. The molecule has 2 aliphatic carbocycles. The van der Waals surface area contributed by atoms with Crippen molar-refractivity contribution in [2.75, 3.05) is 6.54 Å². The molecule has 1 saturated heterocycles. The van der Waals surface area contributed by atoms with Crippen molar-refractivity contribution < 1.29 is 33.5 Å². The first-order valence-electron chi connectivity index (χ1n) is 15.0. The van der Waals surface area contributed by atoms with Gasteiger partial charge >= 0.3 is 12.0 Å². The van der Waals surface area contributed by atoms with Crippen molar-refractivity contribution >= 4 is 35.5 Å². The van der Waals surface area contributed by atoms with Crippen LogP contribution in [0.4, 0.5) is 4.79 Å². The number of nitrogens with one attached hydrogen (secondary N) is 3. The molecule has 2 saturated carbocycles. The topological polar surface area (TPSA) is 177 Å². The summed E-state index contributed by atoms with van der Waals surface area (Å²) in [6, 6.07) is -4.52. The van der Waals surface area contributed by atoms with Gasteiger partial charge in [-0.05, 0) is 62.2 Å². The lowest BCUT2D eigenvalue weighted by molar-refractivity contribution is -0.158. The maximum absolute atomic E-state index is 13.9. The average molecular weight is 592 g/mol. The van der Waals surface area contributed by atoms with Gasteiger partial charge in [0, 0.05) is 6.54 Å². The van der Waals surface area contributed by atoms with Gasteiger partial charge in [0.2, 0.25) is 17.6 Å². The molecule has 0 aromatic carbocycles. The van der Waals surface area contributed by atoms with Crippen molar-refractivity contribution in [3.63, 3.8) is 0 Å². The number of hydrogen-bond donors (Lipinski definition) is 4. The first-order valence-corrected chi connectivity index (χ1v) is 15.0. The van der Waals surface area contributed by atoms with Crippen LogP contribution in [-0.4, -0.2) is 76.7 Å². The van der Waals surface area contributed by atoms with E-state index < -0.39 is 65.3 Å². The summed E-state index contributed by atoms with van der Waals surface area (Å²) in [6.07, 6.45) is 2.16. The summed E-state index contributed by atoms with van der Waals surface area (Å²) in [6.45, 7) is 16.7. The number of likely N-dealkylation sites (tertiary alicyclic amines) is 1. The number of nitrogens with two attached hydrogens (primary N) is 1. The highest BCUT2D eigenvalue weighted by atomic mass is 16.6. The molecule has 3 rings (SSSR count). The zero-order valence-corrected chi connectivity index (χ0v) is 26.4. The molecule has 0 bridgehead atoms. The summed E-state index contributed by atoms with van der Waals surface area (Å²) in [5.74, 6) is -3.89. The van der Waals surface area contributed by atoms with E-state index in [0.29, 0.717) is 13.0 Å². The van der Waals surface area contributed by atoms with E-state index in [1.54, 1.807) is 48.5 Å². The minimum Gasteiger partial charge on any atom is -0.458 e. The van der Waals surface area contributed by atoms with Gasteiger partial charge in [-0.3, -0.25) is 19.2 Å². The van der Waals surface area contributed by atoms with Crippen molar-refractivity contribution in [3.05, 3.63) is 0 Å². The number of fused-ring (bicyclic) bond motifs is 1. The predicted molar refractivity (Wildman–Crippen MR) is 154 cm³/mol. The molecule has 1 aliphatic heterocycles. The number of esters is 1. The van der Waals surface area contributed by atoms with Gasteiger partial charge in [-0.2, -0.15) is 0 Å². The highest BCUT2D eigenvalue weighted by Crippen LogP contribution is 2.65. The Labute approximate surface area is 248 Å². The number of carbonyl (C=O) groups is 6. The van der Waals surface area contributed by atoms with Crippen molar-refractivity contribution in [3.8, 4) is 0 Å². The van der Waals surface area contributed by atoms with E-state index in [0.717, 1.165) is 12.8 Å². The Morgan fingerprint density at radius 3 is 1.95 bits per heavy atom. The largest absolute Gasteiger partial charge is 0.458 e. The van der Waals surface area contributed by atoms with Crippen LogP contribution in [0.25, 0.3) is 0 Å². The molecule has 1 heterocycles. The molecule has 0 radical (unpaired) electrons. The molecule has 3 aliphatic rings. The van der Waals surface area contributed by atoms with E-state index in [4.69, 9.17) is 10.5 Å². The maximum atomic E-state index is 13.9. The van der Waals surface area contributed by atoms with E-state index in [9.17, 15) is 28.8 Å². The third-order valence-corrected chi connectivity index (χ3v) is 8.74. The molecule has 12 heteroatoms. The average Bonchev–Trinajstić information content (AvgIpc) is 3.70. The van der Waals surface area contributed by atoms with Crippen LogP contribution in [0.5, 0.6) is 0 Å². The highest BCUT2D eigenvalue weighted by molar-refractivity contribution is 6.37. The van der Waals surface area contributed by atoms with Crippen LogP contribution in [-0.2, 0) is 28.7 Å². The van der Waals surface area contributed by atoms with Crippen molar-refractivity contribution in [1.82, 2.24) is 20.9 Å². The van der Waals surface area contributed by atoms with Gasteiger partial charge in [-0.1, -0.05) is 54.4 Å². The number of nitrogens with zero attached hydrogens (tertiary/aromatic N) is 1. The van der Waals surface area contributed by atoms with Crippen molar-refractivity contribution in [2.24, 2.45) is 40.7 Å². The predicted octanol–water partition coefficient (Wildman–Crippen LogP) is 1.50. The minimum absolute atomic E-state index is 0.0741. The van der Waals surface area contributed by atoms with Gasteiger partial charge in [0.1, 0.15) is 23.7 Å². The van der Waals surface area contributed by atoms with Crippen molar-refractivity contribution in [2.45, 2.75) is 111 Å². The molecule has 5 amide bonds. The van der Waals surface area contributed by atoms with Crippen LogP contribution in [0.1, 0.15) is 81.6 Å². The number of ether oxygens (including phenoxy) is 1. The molecule has 1 unspecified atom stereocenters. The number of hydrogen-bond acceptors (Lipinski definition) is 7. The van der Waals surface area contributed by atoms with Gasteiger partial charge in [0.05, 0.1) is 6.04 Å². The number of amides is 5. The molecule has 12 nitrogen and oxygen atoms in total. The van der Waals surface area contributed by atoms with Gasteiger partial charge in [-0.15, -0.1) is 0 Å².